The molecule has 5 nitrogen and oxygen atoms in total. The van der Waals surface area contributed by atoms with Crippen LogP contribution in [0.2, 0.25) is 5.02 Å². The fraction of sp³-hybridized carbons (Fsp3) is 0.286. The number of nitrogens with two attached hydrogens (primary N) is 1. The zero-order chi connectivity index (χ0) is 14.7. The first-order valence-corrected chi connectivity index (χ1v) is 6.68. The predicted molar refractivity (Wildman–Crippen MR) is 79.4 cm³/mol. The summed E-state index contributed by atoms with van der Waals surface area (Å²) in [7, 11) is 1.84. The van der Waals surface area contributed by atoms with E-state index < -0.39 is 0 Å². The highest BCUT2D eigenvalue weighted by atomic mass is 35.5. The molecule has 3 N–H and O–H groups in total. The molecule has 0 bridgehead atoms. The van der Waals surface area contributed by atoms with Gasteiger partial charge < -0.3 is 10.5 Å². The van der Waals surface area contributed by atoms with Crippen molar-refractivity contribution in [1.29, 1.82) is 5.41 Å². The number of aromatic nitrogens is 2. The lowest BCUT2D eigenvalue weighted by atomic mass is 10.2. The summed E-state index contributed by atoms with van der Waals surface area (Å²) in [6.07, 6.45) is 0.784. The Hall–Kier alpha value is -2.01. The minimum atomic E-state index is 0.0160. The Bertz CT molecular complexity index is 636. The first-order chi connectivity index (χ1) is 9.52. The molecule has 0 spiro atoms. The molecule has 0 saturated heterocycles. The highest BCUT2D eigenvalue weighted by molar-refractivity contribution is 6.31. The summed E-state index contributed by atoms with van der Waals surface area (Å²) < 4.78 is 7.44. The molecule has 20 heavy (non-hydrogen) atoms. The van der Waals surface area contributed by atoms with Gasteiger partial charge in [-0.1, -0.05) is 30.7 Å². The maximum atomic E-state index is 7.41. The third-order valence-electron chi connectivity index (χ3n) is 3.02. The SMILES string of the molecule is CCc1nn(C)c(COc2cccc(C(=N)N)c2)c1Cl. The number of benzene rings is 1. The Labute approximate surface area is 122 Å². The van der Waals surface area contributed by atoms with Crippen LogP contribution < -0.4 is 10.5 Å². The van der Waals surface area contributed by atoms with E-state index in [9.17, 15) is 0 Å². The van der Waals surface area contributed by atoms with Crippen LogP contribution in [0.4, 0.5) is 0 Å². The summed E-state index contributed by atoms with van der Waals surface area (Å²) in [5, 5.41) is 12.4. The van der Waals surface area contributed by atoms with E-state index >= 15 is 0 Å². The molecule has 0 amide bonds. The largest absolute Gasteiger partial charge is 0.487 e. The van der Waals surface area contributed by atoms with Crippen LogP contribution in [0.3, 0.4) is 0 Å². The molecule has 6 heteroatoms. The second-order valence-corrected chi connectivity index (χ2v) is 4.79. The number of rotatable bonds is 5. The van der Waals surface area contributed by atoms with Crippen molar-refractivity contribution in [1.82, 2.24) is 9.78 Å². The monoisotopic (exact) mass is 292 g/mol. The van der Waals surface area contributed by atoms with Gasteiger partial charge in [-0.25, -0.2) is 0 Å². The summed E-state index contributed by atoms with van der Waals surface area (Å²) in [6, 6.07) is 7.11. The minimum absolute atomic E-state index is 0.0160. The van der Waals surface area contributed by atoms with Crippen molar-refractivity contribution in [3.8, 4) is 5.75 Å². The van der Waals surface area contributed by atoms with Gasteiger partial charge in [0.05, 0.1) is 16.4 Å². The topological polar surface area (TPSA) is 76.9 Å². The Morgan fingerprint density at radius 1 is 1.50 bits per heavy atom. The minimum Gasteiger partial charge on any atom is -0.487 e. The number of nitrogens with one attached hydrogen (secondary N) is 1. The Kier molecular flexibility index (Phi) is 4.29. The zero-order valence-electron chi connectivity index (χ0n) is 11.5. The Morgan fingerprint density at radius 3 is 2.85 bits per heavy atom. The van der Waals surface area contributed by atoms with Gasteiger partial charge in [-0.3, -0.25) is 10.1 Å². The lowest BCUT2D eigenvalue weighted by Gasteiger charge is -2.08. The fourth-order valence-corrected chi connectivity index (χ4v) is 2.23. The first-order valence-electron chi connectivity index (χ1n) is 6.30. The van der Waals surface area contributed by atoms with E-state index in [4.69, 9.17) is 27.5 Å². The highest BCUT2D eigenvalue weighted by Gasteiger charge is 2.13. The molecule has 1 aromatic carbocycles. The van der Waals surface area contributed by atoms with E-state index in [1.807, 2.05) is 20.0 Å². The molecule has 0 aliphatic carbocycles. The summed E-state index contributed by atoms with van der Waals surface area (Å²) in [4.78, 5) is 0. The van der Waals surface area contributed by atoms with E-state index in [0.29, 0.717) is 22.9 Å². The molecule has 0 aliphatic rings. The zero-order valence-corrected chi connectivity index (χ0v) is 12.2. The molecule has 0 saturated carbocycles. The van der Waals surface area contributed by atoms with Gasteiger partial charge in [-0.2, -0.15) is 5.10 Å². The third kappa shape index (κ3) is 2.93. The van der Waals surface area contributed by atoms with Crippen LogP contribution >= 0.6 is 11.6 Å². The van der Waals surface area contributed by atoms with Crippen LogP contribution in [0.15, 0.2) is 24.3 Å². The summed E-state index contributed by atoms with van der Waals surface area (Å²) in [6.45, 7) is 2.33. The molecule has 106 valence electrons. The molecular weight excluding hydrogens is 276 g/mol. The molecule has 0 atom stereocenters. The summed E-state index contributed by atoms with van der Waals surface area (Å²) in [5.41, 5.74) is 7.78. The molecule has 1 heterocycles. The second-order valence-electron chi connectivity index (χ2n) is 4.41. The van der Waals surface area contributed by atoms with Crippen molar-refractivity contribution in [2.75, 3.05) is 0 Å². The van der Waals surface area contributed by atoms with Gasteiger partial charge in [-0.05, 0) is 18.6 Å². The number of nitrogen functional groups attached to an aromatic ring is 1. The first kappa shape index (κ1) is 14.4. The van der Waals surface area contributed by atoms with Crippen LogP contribution in [0.5, 0.6) is 5.75 Å². The van der Waals surface area contributed by atoms with Crippen molar-refractivity contribution < 1.29 is 4.74 Å². The van der Waals surface area contributed by atoms with Crippen LogP contribution in [0.1, 0.15) is 23.9 Å². The number of halogens is 1. The smallest absolute Gasteiger partial charge is 0.131 e. The van der Waals surface area contributed by atoms with Gasteiger partial charge in [-0.15, -0.1) is 0 Å². The van der Waals surface area contributed by atoms with E-state index in [-0.39, 0.29) is 5.84 Å². The number of ether oxygens (including phenoxy) is 1. The number of hydrogen-bond acceptors (Lipinski definition) is 3. The van der Waals surface area contributed by atoms with E-state index in [1.165, 1.54) is 0 Å². The lowest BCUT2D eigenvalue weighted by Crippen LogP contribution is -2.11. The summed E-state index contributed by atoms with van der Waals surface area (Å²) in [5.74, 6) is 0.662. The fourth-order valence-electron chi connectivity index (χ4n) is 1.88. The standard InChI is InChI=1S/C14H17ClN4O/c1-3-11-13(15)12(19(2)18-11)8-20-10-6-4-5-9(7-10)14(16)17/h4-7H,3,8H2,1-2H3,(H3,16,17). The van der Waals surface area contributed by atoms with Crippen molar-refractivity contribution >= 4 is 17.4 Å². The van der Waals surface area contributed by atoms with Crippen molar-refractivity contribution in [3.05, 3.63) is 46.2 Å². The molecule has 0 aliphatic heterocycles. The van der Waals surface area contributed by atoms with Crippen LogP contribution in [-0.2, 0) is 20.1 Å². The molecule has 1 aromatic heterocycles. The van der Waals surface area contributed by atoms with E-state index in [0.717, 1.165) is 17.8 Å². The molecule has 0 fully saturated rings. The maximum Gasteiger partial charge on any atom is 0.131 e. The Morgan fingerprint density at radius 2 is 2.25 bits per heavy atom. The number of amidine groups is 1. The van der Waals surface area contributed by atoms with Crippen molar-refractivity contribution in [2.24, 2.45) is 12.8 Å². The molecule has 2 rings (SSSR count). The normalized spacial score (nSPS) is 10.6. The number of aryl methyl sites for hydroxylation is 2. The van der Waals surface area contributed by atoms with Crippen molar-refractivity contribution in [2.45, 2.75) is 20.0 Å². The molecule has 2 aromatic rings. The third-order valence-corrected chi connectivity index (χ3v) is 3.46. The molecule has 0 radical (unpaired) electrons. The average molecular weight is 293 g/mol. The van der Waals surface area contributed by atoms with Gasteiger partial charge in [0.15, 0.2) is 0 Å². The van der Waals surface area contributed by atoms with Gasteiger partial charge in [0.25, 0.3) is 0 Å². The van der Waals surface area contributed by atoms with Crippen molar-refractivity contribution in [3.63, 3.8) is 0 Å². The predicted octanol–water partition coefficient (Wildman–Crippen LogP) is 2.50. The quantitative estimate of drug-likeness (QED) is 0.656. The van der Waals surface area contributed by atoms with Crippen LogP contribution in [0, 0.1) is 5.41 Å². The van der Waals surface area contributed by atoms with E-state index in [1.54, 1.807) is 22.9 Å². The molecule has 0 unspecified atom stereocenters. The Balaban J connectivity index is 2.15. The van der Waals surface area contributed by atoms with Crippen LogP contribution in [0.25, 0.3) is 0 Å². The number of hydrogen-bond donors (Lipinski definition) is 2. The van der Waals surface area contributed by atoms with Gasteiger partial charge in [0, 0.05) is 12.6 Å². The maximum absolute atomic E-state index is 7.41. The van der Waals surface area contributed by atoms with Crippen LogP contribution in [-0.4, -0.2) is 15.6 Å². The van der Waals surface area contributed by atoms with E-state index in [2.05, 4.69) is 5.10 Å². The second kappa shape index (κ2) is 5.96. The van der Waals surface area contributed by atoms with Gasteiger partial charge in [0.1, 0.15) is 18.2 Å². The molecular formula is C14H17ClN4O. The average Bonchev–Trinajstić information content (AvgIpc) is 2.71. The van der Waals surface area contributed by atoms with Gasteiger partial charge >= 0.3 is 0 Å². The number of nitrogens with zero attached hydrogens (tertiary/aromatic N) is 2. The lowest BCUT2D eigenvalue weighted by molar-refractivity contribution is 0.295. The van der Waals surface area contributed by atoms with Gasteiger partial charge in [0.2, 0.25) is 0 Å². The highest BCUT2D eigenvalue weighted by Crippen LogP contribution is 2.23. The summed E-state index contributed by atoms with van der Waals surface area (Å²) >= 11 is 6.26.